The van der Waals surface area contributed by atoms with Crippen molar-refractivity contribution in [1.82, 2.24) is 4.90 Å². The molecule has 0 aliphatic carbocycles. The normalized spacial score (nSPS) is 13.3. The van der Waals surface area contributed by atoms with Crippen molar-refractivity contribution in [3.05, 3.63) is 35.4 Å². The Bertz CT molecular complexity index is 329. The molecule has 1 unspecified atom stereocenters. The van der Waals surface area contributed by atoms with Gasteiger partial charge in [0.2, 0.25) is 0 Å². The number of benzene rings is 1. The fourth-order valence-electron chi connectivity index (χ4n) is 2.16. The molecule has 102 valence electrons. The zero-order valence-corrected chi connectivity index (χ0v) is 12.3. The molecule has 0 aliphatic rings. The van der Waals surface area contributed by atoms with Gasteiger partial charge in [-0.3, -0.25) is 4.90 Å². The van der Waals surface area contributed by atoms with Crippen LogP contribution < -0.4 is 5.73 Å². The summed E-state index contributed by atoms with van der Waals surface area (Å²) in [6.07, 6.45) is 2.32. The first kappa shape index (κ1) is 15.2. The van der Waals surface area contributed by atoms with Gasteiger partial charge in [-0.15, -0.1) is 0 Å². The first-order valence-corrected chi connectivity index (χ1v) is 7.07. The van der Waals surface area contributed by atoms with Crippen LogP contribution in [0.25, 0.3) is 0 Å². The van der Waals surface area contributed by atoms with Gasteiger partial charge in [-0.1, -0.05) is 45.0 Å². The third-order valence-electron chi connectivity index (χ3n) is 3.59. The van der Waals surface area contributed by atoms with Gasteiger partial charge in [0.25, 0.3) is 0 Å². The highest BCUT2D eigenvalue weighted by Crippen LogP contribution is 2.20. The number of likely N-dealkylation sites (N-methyl/N-ethyl adjacent to an activating group) is 1. The number of nitrogens with zero attached hydrogens (tertiary/aromatic N) is 1. The summed E-state index contributed by atoms with van der Waals surface area (Å²) in [4.78, 5) is 2.38. The molecule has 18 heavy (non-hydrogen) atoms. The second-order valence-electron chi connectivity index (χ2n) is 5.51. The van der Waals surface area contributed by atoms with Crippen LogP contribution >= 0.6 is 0 Å². The molecule has 1 rings (SSSR count). The number of aryl methyl sites for hydroxylation is 1. The number of hydrogen-bond acceptors (Lipinski definition) is 2. The van der Waals surface area contributed by atoms with E-state index in [2.05, 4.69) is 57.0 Å². The maximum Gasteiger partial charge on any atom is 0.0467 e. The summed E-state index contributed by atoms with van der Waals surface area (Å²) in [7, 11) is 2.17. The van der Waals surface area contributed by atoms with Crippen LogP contribution in [0.5, 0.6) is 0 Å². The highest BCUT2D eigenvalue weighted by atomic mass is 15.1. The molecule has 1 atom stereocenters. The zero-order chi connectivity index (χ0) is 13.5. The zero-order valence-electron chi connectivity index (χ0n) is 12.3. The molecule has 0 bridgehead atoms. The van der Waals surface area contributed by atoms with Crippen LogP contribution in [0.15, 0.2) is 24.3 Å². The van der Waals surface area contributed by atoms with Crippen LogP contribution in [-0.4, -0.2) is 25.0 Å². The molecule has 1 aromatic rings. The first-order valence-electron chi connectivity index (χ1n) is 7.07. The third kappa shape index (κ3) is 4.43. The Morgan fingerprint density at radius 1 is 1.17 bits per heavy atom. The van der Waals surface area contributed by atoms with Crippen LogP contribution in [0.3, 0.4) is 0 Å². The van der Waals surface area contributed by atoms with Crippen molar-refractivity contribution in [1.29, 1.82) is 0 Å². The van der Waals surface area contributed by atoms with E-state index in [1.54, 1.807) is 0 Å². The Morgan fingerprint density at radius 3 is 2.22 bits per heavy atom. The average molecular weight is 248 g/mol. The molecule has 0 aromatic heterocycles. The van der Waals surface area contributed by atoms with Gasteiger partial charge in [-0.2, -0.15) is 0 Å². The van der Waals surface area contributed by atoms with Crippen LogP contribution in [-0.2, 0) is 6.42 Å². The van der Waals surface area contributed by atoms with Gasteiger partial charge in [-0.05, 0) is 43.5 Å². The monoisotopic (exact) mass is 248 g/mol. The Balaban J connectivity index is 2.68. The molecule has 2 N–H and O–H groups in total. The molecular weight excluding hydrogens is 220 g/mol. The highest BCUT2D eigenvalue weighted by molar-refractivity contribution is 5.25. The number of hydrogen-bond donors (Lipinski definition) is 1. The quantitative estimate of drug-likeness (QED) is 0.802. The second kappa shape index (κ2) is 7.55. The Kier molecular flexibility index (Phi) is 6.37. The van der Waals surface area contributed by atoms with E-state index in [1.165, 1.54) is 17.5 Å². The van der Waals surface area contributed by atoms with Gasteiger partial charge in [0, 0.05) is 12.6 Å². The molecule has 0 amide bonds. The van der Waals surface area contributed by atoms with Crippen LogP contribution in [0.1, 0.15) is 44.4 Å². The molecule has 2 nitrogen and oxygen atoms in total. The largest absolute Gasteiger partial charge is 0.329 e. The standard InChI is InChI=1S/C16H28N2/c1-5-14-6-8-15(9-7-14)16(12-17)18(4)11-10-13(2)3/h6-9,13,16H,5,10-12,17H2,1-4H3. The van der Waals surface area contributed by atoms with Crippen molar-refractivity contribution in [3.8, 4) is 0 Å². The van der Waals surface area contributed by atoms with Gasteiger partial charge in [0.05, 0.1) is 0 Å². The Labute approximate surface area is 112 Å². The van der Waals surface area contributed by atoms with Crippen LogP contribution in [0.2, 0.25) is 0 Å². The van der Waals surface area contributed by atoms with E-state index in [4.69, 9.17) is 5.73 Å². The summed E-state index contributed by atoms with van der Waals surface area (Å²) >= 11 is 0. The first-order chi connectivity index (χ1) is 8.58. The van der Waals surface area contributed by atoms with Crippen molar-refractivity contribution < 1.29 is 0 Å². The molecule has 0 saturated carbocycles. The van der Waals surface area contributed by atoms with E-state index in [0.29, 0.717) is 12.6 Å². The lowest BCUT2D eigenvalue weighted by atomic mass is 10.0. The topological polar surface area (TPSA) is 29.3 Å². The SMILES string of the molecule is CCc1ccc(C(CN)N(C)CCC(C)C)cc1. The fourth-order valence-corrected chi connectivity index (χ4v) is 2.16. The van der Waals surface area contributed by atoms with E-state index in [1.807, 2.05) is 0 Å². The molecule has 2 heteroatoms. The Morgan fingerprint density at radius 2 is 1.78 bits per heavy atom. The summed E-state index contributed by atoms with van der Waals surface area (Å²) in [5.41, 5.74) is 8.66. The Hall–Kier alpha value is -0.860. The van der Waals surface area contributed by atoms with Gasteiger partial charge >= 0.3 is 0 Å². The predicted molar refractivity (Wildman–Crippen MR) is 79.7 cm³/mol. The maximum absolute atomic E-state index is 5.94. The molecule has 0 radical (unpaired) electrons. The van der Waals surface area contributed by atoms with Crippen molar-refractivity contribution in [2.75, 3.05) is 20.1 Å². The second-order valence-corrected chi connectivity index (χ2v) is 5.51. The van der Waals surface area contributed by atoms with E-state index >= 15 is 0 Å². The van der Waals surface area contributed by atoms with Crippen molar-refractivity contribution in [2.24, 2.45) is 11.7 Å². The molecule has 1 aromatic carbocycles. The van der Waals surface area contributed by atoms with E-state index < -0.39 is 0 Å². The average Bonchev–Trinajstić information content (AvgIpc) is 2.38. The lowest BCUT2D eigenvalue weighted by Gasteiger charge is -2.28. The minimum absolute atomic E-state index is 0.342. The van der Waals surface area contributed by atoms with Gasteiger partial charge in [0.1, 0.15) is 0 Å². The summed E-state index contributed by atoms with van der Waals surface area (Å²) in [5, 5.41) is 0. The summed E-state index contributed by atoms with van der Waals surface area (Å²) in [6, 6.07) is 9.22. The molecule has 0 saturated heterocycles. The van der Waals surface area contributed by atoms with Crippen LogP contribution in [0.4, 0.5) is 0 Å². The number of nitrogens with two attached hydrogens (primary N) is 1. The van der Waals surface area contributed by atoms with E-state index in [-0.39, 0.29) is 0 Å². The lowest BCUT2D eigenvalue weighted by molar-refractivity contribution is 0.236. The van der Waals surface area contributed by atoms with E-state index in [0.717, 1.165) is 18.9 Å². The predicted octanol–water partition coefficient (Wildman–Crippen LogP) is 3.23. The van der Waals surface area contributed by atoms with Gasteiger partial charge in [0.15, 0.2) is 0 Å². The van der Waals surface area contributed by atoms with E-state index in [9.17, 15) is 0 Å². The highest BCUT2D eigenvalue weighted by Gasteiger charge is 2.15. The maximum atomic E-state index is 5.94. The summed E-state index contributed by atoms with van der Waals surface area (Å²) in [5.74, 6) is 0.744. The van der Waals surface area contributed by atoms with Crippen molar-refractivity contribution in [3.63, 3.8) is 0 Å². The van der Waals surface area contributed by atoms with Crippen LogP contribution in [0, 0.1) is 5.92 Å². The molecule has 0 spiro atoms. The smallest absolute Gasteiger partial charge is 0.0467 e. The minimum atomic E-state index is 0.342. The van der Waals surface area contributed by atoms with Crippen molar-refractivity contribution in [2.45, 2.75) is 39.7 Å². The fraction of sp³-hybridized carbons (Fsp3) is 0.625. The molecule has 0 fully saturated rings. The number of rotatable bonds is 7. The lowest BCUT2D eigenvalue weighted by Crippen LogP contribution is -2.31. The van der Waals surface area contributed by atoms with Gasteiger partial charge in [-0.25, -0.2) is 0 Å². The van der Waals surface area contributed by atoms with Crippen molar-refractivity contribution >= 4 is 0 Å². The molecule has 0 aliphatic heterocycles. The summed E-state index contributed by atoms with van der Waals surface area (Å²) in [6.45, 7) is 8.50. The van der Waals surface area contributed by atoms with Gasteiger partial charge < -0.3 is 5.73 Å². The summed E-state index contributed by atoms with van der Waals surface area (Å²) < 4.78 is 0. The minimum Gasteiger partial charge on any atom is -0.329 e. The molecular formula is C16H28N2. The third-order valence-corrected chi connectivity index (χ3v) is 3.59. The molecule has 0 heterocycles.